The van der Waals surface area contributed by atoms with Gasteiger partial charge in [0.2, 0.25) is 5.12 Å². The molecule has 182 valence electrons. The molecule has 8 nitrogen and oxygen atoms in total. The van der Waals surface area contributed by atoms with Crippen molar-refractivity contribution in [2.45, 2.75) is 37.8 Å². The van der Waals surface area contributed by atoms with Gasteiger partial charge in [-0.05, 0) is 56.1 Å². The minimum Gasteiger partial charge on any atom is -0.425 e. The Bertz CT molecular complexity index is 1340. The number of rotatable bonds is 11. The van der Waals surface area contributed by atoms with Crippen LogP contribution in [-0.2, 0) is 16.0 Å². The molecule has 0 aliphatic carbocycles. The number of para-hydroxylation sites is 2. The highest BCUT2D eigenvalue weighted by atomic mass is 32.1. The van der Waals surface area contributed by atoms with Crippen LogP contribution in [0.15, 0.2) is 67.0 Å². The summed E-state index contributed by atoms with van der Waals surface area (Å²) in [6, 6.07) is 16.2. The van der Waals surface area contributed by atoms with Crippen LogP contribution in [0.25, 0.3) is 21.8 Å². The van der Waals surface area contributed by atoms with Gasteiger partial charge in [0.05, 0.1) is 11.1 Å². The lowest BCUT2D eigenvalue weighted by atomic mass is 9.98. The molecule has 0 saturated heterocycles. The average molecular weight is 492 g/mol. The second-order valence-corrected chi connectivity index (χ2v) is 9.07. The number of carbonyl (C=O) groups is 2. The van der Waals surface area contributed by atoms with Gasteiger partial charge in [0.25, 0.3) is 0 Å². The summed E-state index contributed by atoms with van der Waals surface area (Å²) in [6.07, 6.45) is 4.90. The van der Waals surface area contributed by atoms with Crippen LogP contribution in [0.3, 0.4) is 0 Å². The molecule has 35 heavy (non-hydrogen) atoms. The lowest BCUT2D eigenvalue weighted by Gasteiger charge is -2.30. The molecule has 2 atom stereocenters. The van der Waals surface area contributed by atoms with E-state index in [1.54, 1.807) is 19.2 Å². The number of thiol groups is 1. The van der Waals surface area contributed by atoms with Gasteiger partial charge in [-0.15, -0.1) is 12.6 Å². The number of hydrogen-bond donors (Lipinski definition) is 5. The van der Waals surface area contributed by atoms with Crippen molar-refractivity contribution in [3.05, 3.63) is 72.6 Å². The third-order valence-corrected chi connectivity index (χ3v) is 6.57. The monoisotopic (exact) mass is 491 g/mol. The number of nitrogens with one attached hydrogen (secondary N) is 3. The Kier molecular flexibility index (Phi) is 7.82. The molecule has 0 aliphatic heterocycles. The summed E-state index contributed by atoms with van der Waals surface area (Å²) in [4.78, 5) is 33.3. The van der Waals surface area contributed by atoms with Crippen LogP contribution in [0.4, 0.5) is 0 Å². The van der Waals surface area contributed by atoms with Crippen molar-refractivity contribution in [1.82, 2.24) is 20.8 Å². The lowest BCUT2D eigenvalue weighted by molar-refractivity contribution is -0.137. The van der Waals surface area contributed by atoms with E-state index in [1.807, 2.05) is 54.7 Å². The largest absolute Gasteiger partial charge is 0.425 e. The zero-order chi connectivity index (χ0) is 24.8. The number of hydrogen-bond acceptors (Lipinski definition) is 7. The molecule has 0 spiro atoms. The number of H-pyrrole nitrogens is 1. The molecule has 0 aliphatic rings. The van der Waals surface area contributed by atoms with Crippen molar-refractivity contribution < 1.29 is 14.3 Å². The maximum Gasteiger partial charge on any atom is 0.330 e. The van der Waals surface area contributed by atoms with E-state index < -0.39 is 17.6 Å². The van der Waals surface area contributed by atoms with Gasteiger partial charge in [-0.3, -0.25) is 9.78 Å². The number of aromatic amines is 1. The van der Waals surface area contributed by atoms with Crippen molar-refractivity contribution in [3.63, 3.8) is 0 Å². The summed E-state index contributed by atoms with van der Waals surface area (Å²) in [6.45, 7) is 2.17. The Balaban J connectivity index is 1.61. The number of carbonyl (C=O) groups excluding carboxylic acids is 2. The minimum atomic E-state index is -1.01. The Hall–Kier alpha value is -3.24. The van der Waals surface area contributed by atoms with Crippen molar-refractivity contribution in [2.24, 2.45) is 5.73 Å². The molecule has 0 bridgehead atoms. The molecule has 4 rings (SSSR count). The van der Waals surface area contributed by atoms with E-state index in [4.69, 9.17) is 10.5 Å². The average Bonchev–Trinajstić information content (AvgIpc) is 3.28. The molecule has 0 unspecified atom stereocenters. The Labute approximate surface area is 209 Å². The van der Waals surface area contributed by atoms with E-state index in [-0.39, 0.29) is 5.12 Å². The molecule has 5 N–H and O–H groups in total. The molecule has 0 fully saturated rings. The van der Waals surface area contributed by atoms with E-state index in [0.29, 0.717) is 31.6 Å². The number of nitrogens with two attached hydrogens (primary N) is 1. The lowest BCUT2D eigenvalue weighted by Crippen LogP contribution is -2.59. The summed E-state index contributed by atoms with van der Waals surface area (Å²) in [5, 5.41) is 1.40. The number of fused-ring (bicyclic) bond motifs is 2. The molecule has 4 aromatic rings. The molecule has 0 amide bonds. The highest BCUT2D eigenvalue weighted by Crippen LogP contribution is 2.25. The molecule has 2 aromatic heterocycles. The van der Waals surface area contributed by atoms with Crippen LogP contribution >= 0.6 is 12.6 Å². The molecule has 9 heteroatoms. The van der Waals surface area contributed by atoms with Crippen LogP contribution < -0.4 is 21.3 Å². The van der Waals surface area contributed by atoms with Gasteiger partial charge in [0, 0.05) is 35.1 Å². The van der Waals surface area contributed by atoms with Gasteiger partial charge < -0.3 is 15.5 Å². The number of aromatic nitrogens is 2. The van der Waals surface area contributed by atoms with Crippen LogP contribution in [0, 0.1) is 0 Å². The first kappa shape index (κ1) is 24.9. The predicted octanol–water partition coefficient (Wildman–Crippen LogP) is 3.28. The van der Waals surface area contributed by atoms with Gasteiger partial charge in [0.15, 0.2) is 0 Å². The van der Waals surface area contributed by atoms with Crippen LogP contribution in [0.5, 0.6) is 5.75 Å². The maximum absolute atomic E-state index is 13.4. The molecular weight excluding hydrogens is 462 g/mol. The van der Waals surface area contributed by atoms with Gasteiger partial charge in [-0.25, -0.2) is 15.6 Å². The molecular formula is C26H29N5O3S. The van der Waals surface area contributed by atoms with E-state index in [9.17, 15) is 9.59 Å². The number of benzene rings is 2. The van der Waals surface area contributed by atoms with Crippen molar-refractivity contribution >= 4 is 45.5 Å². The first-order valence-electron chi connectivity index (χ1n) is 11.5. The highest BCUT2D eigenvalue weighted by Gasteiger charge is 2.32. The number of esters is 1. The summed E-state index contributed by atoms with van der Waals surface area (Å²) in [7, 11) is 0. The third-order valence-electron chi connectivity index (χ3n) is 6.08. The topological polar surface area (TPSA) is 122 Å². The van der Waals surface area contributed by atoms with Gasteiger partial charge in [-0.1, -0.05) is 30.3 Å². The summed E-state index contributed by atoms with van der Waals surface area (Å²) in [5.74, 6) is -0.0746. The predicted molar refractivity (Wildman–Crippen MR) is 140 cm³/mol. The minimum absolute atomic E-state index is 0.326. The van der Waals surface area contributed by atoms with Crippen LogP contribution in [-0.4, -0.2) is 39.2 Å². The molecule has 0 radical (unpaired) electrons. The highest BCUT2D eigenvalue weighted by molar-refractivity contribution is 7.96. The maximum atomic E-state index is 13.4. The zero-order valence-electron chi connectivity index (χ0n) is 19.5. The Morgan fingerprint density at radius 1 is 1.14 bits per heavy atom. The normalized spacial score (nSPS) is 14.0. The first-order chi connectivity index (χ1) is 16.9. The molecule has 2 aromatic carbocycles. The number of hydrazine groups is 1. The van der Waals surface area contributed by atoms with Gasteiger partial charge in [0.1, 0.15) is 11.8 Å². The number of nitrogens with zero attached hydrogens (tertiary/aromatic N) is 1. The second-order valence-electron chi connectivity index (χ2n) is 8.66. The van der Waals surface area contributed by atoms with E-state index >= 15 is 0 Å². The Morgan fingerprint density at radius 2 is 1.89 bits per heavy atom. The van der Waals surface area contributed by atoms with Crippen LogP contribution in [0.1, 0.15) is 25.3 Å². The Morgan fingerprint density at radius 3 is 2.66 bits per heavy atom. The van der Waals surface area contributed by atoms with Gasteiger partial charge >= 0.3 is 5.97 Å². The third kappa shape index (κ3) is 5.71. The van der Waals surface area contributed by atoms with E-state index in [1.165, 1.54) is 0 Å². The summed E-state index contributed by atoms with van der Waals surface area (Å²) in [5.41, 5.74) is 13.4. The number of ether oxygens (including phenoxy) is 1. The van der Waals surface area contributed by atoms with Crippen molar-refractivity contribution in [3.8, 4) is 5.75 Å². The van der Waals surface area contributed by atoms with E-state index in [0.717, 1.165) is 27.4 Å². The van der Waals surface area contributed by atoms with Crippen molar-refractivity contribution in [1.29, 1.82) is 0 Å². The fourth-order valence-corrected chi connectivity index (χ4v) is 4.14. The standard InChI is InChI=1S/C26H29N5O3S/c1-26(25(33)35,12-6-13-27)31-30-22(15-17-16-29-20-9-4-2-7-18(17)20)24(32)34-23-11-14-28-21-10-5-3-8-19(21)23/h2-5,7-11,14,16,22,29-31H,6,12-13,15,27H2,1H3,(H,33,35)/t22-,26-/m0/s1. The van der Waals surface area contributed by atoms with E-state index in [2.05, 4.69) is 33.4 Å². The summed E-state index contributed by atoms with van der Waals surface area (Å²) >= 11 is 4.05. The quantitative estimate of drug-likeness (QED) is 0.124. The fourth-order valence-electron chi connectivity index (χ4n) is 3.98. The number of pyridine rings is 1. The fraction of sp³-hybridized carbons (Fsp3) is 0.269. The van der Waals surface area contributed by atoms with Crippen LogP contribution in [0.2, 0.25) is 0 Å². The van der Waals surface area contributed by atoms with Crippen molar-refractivity contribution in [2.75, 3.05) is 6.54 Å². The molecule has 2 heterocycles. The zero-order valence-corrected chi connectivity index (χ0v) is 20.3. The molecule has 0 saturated carbocycles. The first-order valence-corrected chi connectivity index (χ1v) is 11.9. The van der Waals surface area contributed by atoms with Gasteiger partial charge in [-0.2, -0.15) is 0 Å². The smallest absolute Gasteiger partial charge is 0.330 e. The SMILES string of the molecule is C[C@@](CCCN)(NN[C@@H](Cc1c[nH]c2ccccc12)C(=O)Oc1ccnc2ccccc12)C(=O)S. The second kappa shape index (κ2) is 11.0. The summed E-state index contributed by atoms with van der Waals surface area (Å²) < 4.78 is 5.84.